The van der Waals surface area contributed by atoms with Gasteiger partial charge < -0.3 is 14.5 Å². The van der Waals surface area contributed by atoms with Crippen molar-refractivity contribution in [2.75, 3.05) is 5.75 Å². The summed E-state index contributed by atoms with van der Waals surface area (Å²) < 4.78 is 60.9. The van der Waals surface area contributed by atoms with Crippen LogP contribution in [0.4, 0.5) is 8.78 Å². The maximum atomic E-state index is 13.3. The Hall–Kier alpha value is -3.26. The van der Waals surface area contributed by atoms with Crippen LogP contribution in [0.5, 0.6) is 11.5 Å². The Kier molecular flexibility index (Phi) is 3.68. The molecule has 154 valence electrons. The van der Waals surface area contributed by atoms with Crippen LogP contribution < -0.4 is 9.47 Å². The van der Waals surface area contributed by atoms with Crippen LogP contribution in [0.2, 0.25) is 0 Å². The van der Waals surface area contributed by atoms with E-state index in [0.29, 0.717) is 23.9 Å². The van der Waals surface area contributed by atoms with Crippen LogP contribution in [-0.2, 0) is 15.3 Å². The number of nitriles is 1. The third-order valence-electron chi connectivity index (χ3n) is 5.31. The quantitative estimate of drug-likeness (QED) is 0.672. The van der Waals surface area contributed by atoms with E-state index < -0.39 is 21.5 Å². The third-order valence-corrected chi connectivity index (χ3v) is 7.06. The zero-order chi connectivity index (χ0) is 21.3. The van der Waals surface area contributed by atoms with Crippen LogP contribution in [0.15, 0.2) is 29.3 Å². The van der Waals surface area contributed by atoms with Crippen molar-refractivity contribution in [1.29, 1.82) is 5.26 Å². The van der Waals surface area contributed by atoms with E-state index in [9.17, 15) is 22.5 Å². The number of hydrogen-bond donors (Lipinski definition) is 1. The molecule has 11 heteroatoms. The molecule has 8 nitrogen and oxygen atoms in total. The molecule has 2 aromatic heterocycles. The molecule has 1 aliphatic carbocycles. The first-order valence-corrected chi connectivity index (χ1v) is 10.8. The number of H-pyrrole nitrogens is 1. The Balaban J connectivity index is 1.65. The molecule has 1 aromatic carbocycles. The number of rotatable bonds is 4. The molecule has 0 unspecified atom stereocenters. The Bertz CT molecular complexity index is 1310. The van der Waals surface area contributed by atoms with Crippen LogP contribution >= 0.6 is 0 Å². The highest BCUT2D eigenvalue weighted by Crippen LogP contribution is 2.48. The molecule has 0 atom stereocenters. The Morgan fingerprint density at radius 1 is 1.23 bits per heavy atom. The van der Waals surface area contributed by atoms with Crippen LogP contribution in [-0.4, -0.2) is 35.4 Å². The maximum Gasteiger partial charge on any atom is 0.586 e. The summed E-state index contributed by atoms with van der Waals surface area (Å²) in [6.45, 7) is 1.51. The summed E-state index contributed by atoms with van der Waals surface area (Å²) in [5, 5.41) is 9.44. The number of aromatic amines is 1. The number of fused-ring (bicyclic) bond motifs is 2. The Morgan fingerprint density at radius 3 is 2.57 bits per heavy atom. The summed E-state index contributed by atoms with van der Waals surface area (Å²) in [7, 11) is -3.68. The summed E-state index contributed by atoms with van der Waals surface area (Å²) >= 11 is 0. The summed E-state index contributed by atoms with van der Waals surface area (Å²) in [5.41, 5.74) is 0.591. The summed E-state index contributed by atoms with van der Waals surface area (Å²) in [5.74, 6) is -0.325. The molecule has 3 aromatic rings. The minimum absolute atomic E-state index is 0.0327. The van der Waals surface area contributed by atoms with E-state index in [1.807, 2.05) is 0 Å². The van der Waals surface area contributed by atoms with Gasteiger partial charge in [-0.05, 0) is 24.5 Å². The number of ether oxygens (including phenoxy) is 2. The standard InChI is InChI=1S/C19H14F2N4O4S/c1-2-30(26,27)15-5-10(18(9-22)3-4-18)8-23-16(15)17-24-11-6-13-14(7-12(11)25-17)29-19(20,21)28-13/h5-8H,2-4H2,1H3,(H,24,25). The summed E-state index contributed by atoms with van der Waals surface area (Å²) in [6, 6.07) is 6.30. The first-order chi connectivity index (χ1) is 14.2. The molecule has 0 bridgehead atoms. The second-order valence-electron chi connectivity index (χ2n) is 7.24. The van der Waals surface area contributed by atoms with Crippen molar-refractivity contribution in [3.8, 4) is 29.1 Å². The van der Waals surface area contributed by atoms with Gasteiger partial charge in [0.1, 0.15) is 5.69 Å². The Labute approximate surface area is 169 Å². The molecule has 0 saturated heterocycles. The van der Waals surface area contributed by atoms with Crippen LogP contribution in [0, 0.1) is 11.3 Å². The number of benzene rings is 1. The van der Waals surface area contributed by atoms with E-state index in [4.69, 9.17) is 0 Å². The first kappa shape index (κ1) is 18.7. The monoisotopic (exact) mass is 432 g/mol. The first-order valence-electron chi connectivity index (χ1n) is 9.11. The lowest BCUT2D eigenvalue weighted by atomic mass is 9.99. The predicted octanol–water partition coefficient (Wildman–Crippen LogP) is 3.30. The number of nitrogens with zero attached hydrogens (tertiary/aromatic N) is 3. The number of pyridine rings is 1. The summed E-state index contributed by atoms with van der Waals surface area (Å²) in [6.07, 6.45) is -0.961. The van der Waals surface area contributed by atoms with E-state index in [1.165, 1.54) is 31.3 Å². The van der Waals surface area contributed by atoms with E-state index in [2.05, 4.69) is 30.5 Å². The van der Waals surface area contributed by atoms with Crippen LogP contribution in [0.3, 0.4) is 0 Å². The zero-order valence-electron chi connectivity index (χ0n) is 15.6. The molecule has 1 saturated carbocycles. The normalized spacial score (nSPS) is 18.3. The topological polar surface area (TPSA) is 118 Å². The number of sulfone groups is 1. The lowest BCUT2D eigenvalue weighted by Crippen LogP contribution is -2.25. The van der Waals surface area contributed by atoms with Gasteiger partial charge in [0.25, 0.3) is 0 Å². The van der Waals surface area contributed by atoms with Gasteiger partial charge >= 0.3 is 6.29 Å². The van der Waals surface area contributed by atoms with Crippen molar-refractivity contribution in [2.24, 2.45) is 0 Å². The highest BCUT2D eigenvalue weighted by molar-refractivity contribution is 7.91. The molecular formula is C19H14F2N4O4S. The molecule has 0 radical (unpaired) electrons. The molecule has 0 amide bonds. The van der Waals surface area contributed by atoms with Gasteiger partial charge in [0.15, 0.2) is 27.2 Å². The highest BCUT2D eigenvalue weighted by Gasteiger charge is 2.46. The van der Waals surface area contributed by atoms with Gasteiger partial charge in [-0.25, -0.2) is 13.4 Å². The van der Waals surface area contributed by atoms with Crippen molar-refractivity contribution in [2.45, 2.75) is 36.4 Å². The average Bonchev–Trinajstić information content (AvgIpc) is 3.31. The highest BCUT2D eigenvalue weighted by atomic mass is 32.2. The Morgan fingerprint density at radius 2 is 1.93 bits per heavy atom. The molecule has 1 fully saturated rings. The van der Waals surface area contributed by atoms with Crippen molar-refractivity contribution in [3.05, 3.63) is 30.0 Å². The lowest BCUT2D eigenvalue weighted by molar-refractivity contribution is -0.286. The number of halogens is 2. The predicted molar refractivity (Wildman–Crippen MR) is 99.8 cm³/mol. The molecule has 2 aliphatic rings. The lowest BCUT2D eigenvalue weighted by Gasteiger charge is -2.11. The summed E-state index contributed by atoms with van der Waals surface area (Å²) in [4.78, 5) is 11.5. The fourth-order valence-electron chi connectivity index (χ4n) is 3.43. The smallest absolute Gasteiger partial charge is 0.395 e. The number of aromatic nitrogens is 3. The second kappa shape index (κ2) is 5.89. The van der Waals surface area contributed by atoms with Crippen molar-refractivity contribution in [1.82, 2.24) is 15.0 Å². The maximum absolute atomic E-state index is 13.3. The van der Waals surface area contributed by atoms with E-state index in [1.54, 1.807) is 0 Å². The van der Waals surface area contributed by atoms with Gasteiger partial charge in [0.05, 0.1) is 33.2 Å². The van der Waals surface area contributed by atoms with Gasteiger partial charge in [0.2, 0.25) is 0 Å². The molecule has 5 rings (SSSR count). The van der Waals surface area contributed by atoms with Crippen molar-refractivity contribution >= 4 is 20.9 Å². The largest absolute Gasteiger partial charge is 0.586 e. The van der Waals surface area contributed by atoms with Crippen molar-refractivity contribution < 1.29 is 26.7 Å². The van der Waals surface area contributed by atoms with E-state index >= 15 is 0 Å². The second-order valence-corrected chi connectivity index (χ2v) is 9.48. The fraction of sp³-hybridized carbons (Fsp3) is 0.316. The molecular weight excluding hydrogens is 418 g/mol. The van der Waals surface area contributed by atoms with Crippen LogP contribution in [0.25, 0.3) is 22.6 Å². The van der Waals surface area contributed by atoms with E-state index in [0.717, 1.165) is 0 Å². The van der Waals surface area contributed by atoms with Gasteiger partial charge in [-0.1, -0.05) is 6.92 Å². The van der Waals surface area contributed by atoms with Gasteiger partial charge in [0, 0.05) is 18.3 Å². The van der Waals surface area contributed by atoms with E-state index in [-0.39, 0.29) is 39.2 Å². The number of hydrogen-bond acceptors (Lipinski definition) is 7. The van der Waals surface area contributed by atoms with Crippen LogP contribution in [0.1, 0.15) is 25.3 Å². The molecule has 0 spiro atoms. The zero-order valence-corrected chi connectivity index (χ0v) is 16.4. The minimum atomic E-state index is -3.75. The van der Waals surface area contributed by atoms with Gasteiger partial charge in [-0.3, -0.25) is 4.98 Å². The molecule has 1 aliphatic heterocycles. The third kappa shape index (κ3) is 2.79. The fourth-order valence-corrected chi connectivity index (χ4v) is 4.49. The number of imidazole rings is 1. The molecule has 1 N–H and O–H groups in total. The number of nitrogens with one attached hydrogen (secondary N) is 1. The molecule has 3 heterocycles. The SMILES string of the molecule is CCS(=O)(=O)c1cc(C2(C#N)CC2)cnc1-c1nc2cc3c(cc2[nH]1)OC(F)(F)O3. The van der Waals surface area contributed by atoms with Crippen molar-refractivity contribution in [3.63, 3.8) is 0 Å². The van der Waals surface area contributed by atoms with Gasteiger partial charge in [-0.15, -0.1) is 8.78 Å². The van der Waals surface area contributed by atoms with Gasteiger partial charge in [-0.2, -0.15) is 5.26 Å². The average molecular weight is 432 g/mol. The molecule has 30 heavy (non-hydrogen) atoms. The number of alkyl halides is 2. The minimum Gasteiger partial charge on any atom is -0.395 e.